The maximum absolute atomic E-state index is 13.6. The molecule has 2 aromatic carbocycles. The first-order chi connectivity index (χ1) is 8.52. The summed E-state index contributed by atoms with van der Waals surface area (Å²) in [5, 5.41) is 0. The minimum Gasteiger partial charge on any atom is -0.320 e. The highest BCUT2D eigenvalue weighted by Gasteiger charge is 2.19. The summed E-state index contributed by atoms with van der Waals surface area (Å²) < 4.78 is 39.9. The highest BCUT2D eigenvalue weighted by atomic mass is 79.9. The van der Waals surface area contributed by atoms with Gasteiger partial charge in [0.1, 0.15) is 5.82 Å². The monoisotopic (exact) mass is 315 g/mol. The van der Waals surface area contributed by atoms with Crippen LogP contribution in [-0.2, 0) is 0 Å². The Hall–Kier alpha value is -1.33. The Labute approximate surface area is 111 Å². The van der Waals surface area contributed by atoms with Crippen molar-refractivity contribution in [3.63, 3.8) is 0 Å². The first-order valence-corrected chi connectivity index (χ1v) is 5.95. The van der Waals surface area contributed by atoms with E-state index in [1.165, 1.54) is 24.3 Å². The van der Waals surface area contributed by atoms with Crippen LogP contribution in [0.4, 0.5) is 13.2 Å². The molecule has 0 aromatic heterocycles. The zero-order chi connectivity index (χ0) is 13.3. The summed E-state index contributed by atoms with van der Waals surface area (Å²) in [7, 11) is 0. The number of nitrogens with two attached hydrogens (primary N) is 1. The van der Waals surface area contributed by atoms with Crippen LogP contribution in [0.5, 0.6) is 0 Å². The molecule has 1 atom stereocenters. The smallest absolute Gasteiger partial charge is 0.173 e. The molecule has 0 amide bonds. The van der Waals surface area contributed by atoms with Crippen LogP contribution in [0.25, 0.3) is 0 Å². The van der Waals surface area contributed by atoms with E-state index in [4.69, 9.17) is 5.73 Å². The summed E-state index contributed by atoms with van der Waals surface area (Å²) in [6.07, 6.45) is 0. The van der Waals surface area contributed by atoms with Gasteiger partial charge in [-0.1, -0.05) is 24.3 Å². The molecule has 18 heavy (non-hydrogen) atoms. The van der Waals surface area contributed by atoms with Crippen molar-refractivity contribution >= 4 is 15.9 Å². The lowest BCUT2D eigenvalue weighted by Gasteiger charge is -2.15. The molecule has 0 aliphatic heterocycles. The number of hydrogen-bond acceptors (Lipinski definition) is 1. The molecule has 0 bridgehead atoms. The Balaban J connectivity index is 2.50. The van der Waals surface area contributed by atoms with Gasteiger partial charge in [-0.25, -0.2) is 13.2 Å². The molecule has 2 rings (SSSR count). The molecule has 0 spiro atoms. The maximum atomic E-state index is 13.6. The number of benzene rings is 2. The van der Waals surface area contributed by atoms with Crippen molar-refractivity contribution in [2.24, 2.45) is 5.73 Å². The fourth-order valence-corrected chi connectivity index (χ4v) is 2.24. The highest BCUT2D eigenvalue weighted by molar-refractivity contribution is 9.10. The van der Waals surface area contributed by atoms with Crippen molar-refractivity contribution in [1.29, 1.82) is 0 Å². The van der Waals surface area contributed by atoms with Gasteiger partial charge < -0.3 is 5.73 Å². The van der Waals surface area contributed by atoms with Crippen LogP contribution >= 0.6 is 15.9 Å². The maximum Gasteiger partial charge on any atom is 0.173 e. The lowest BCUT2D eigenvalue weighted by atomic mass is 9.99. The van der Waals surface area contributed by atoms with E-state index in [0.717, 1.165) is 6.07 Å². The summed E-state index contributed by atoms with van der Waals surface area (Å²) in [4.78, 5) is 0. The molecule has 0 saturated heterocycles. The SMILES string of the molecule is NC(c1ccccc1F)c1ccc(F)c(F)c1Br. The van der Waals surface area contributed by atoms with Gasteiger partial charge in [0.2, 0.25) is 0 Å². The van der Waals surface area contributed by atoms with E-state index in [0.29, 0.717) is 5.56 Å². The first kappa shape index (κ1) is 13.1. The Morgan fingerprint density at radius 2 is 1.56 bits per heavy atom. The van der Waals surface area contributed by atoms with Gasteiger partial charge >= 0.3 is 0 Å². The van der Waals surface area contributed by atoms with Crippen molar-refractivity contribution in [3.05, 3.63) is 69.4 Å². The molecule has 0 radical (unpaired) electrons. The van der Waals surface area contributed by atoms with E-state index < -0.39 is 23.5 Å². The fraction of sp³-hybridized carbons (Fsp3) is 0.0769. The molecule has 0 saturated carbocycles. The van der Waals surface area contributed by atoms with Crippen molar-refractivity contribution < 1.29 is 13.2 Å². The minimum atomic E-state index is -1.03. The van der Waals surface area contributed by atoms with Gasteiger partial charge in [-0.05, 0) is 33.6 Å². The molecule has 2 aromatic rings. The standard InChI is InChI=1S/C13H9BrF3N/c14-11-8(5-6-10(16)12(11)17)13(18)7-3-1-2-4-9(7)15/h1-6,13H,18H2. The largest absolute Gasteiger partial charge is 0.320 e. The molecule has 0 heterocycles. The van der Waals surface area contributed by atoms with Gasteiger partial charge in [0, 0.05) is 5.56 Å². The average Bonchev–Trinajstić information content (AvgIpc) is 2.36. The van der Waals surface area contributed by atoms with E-state index >= 15 is 0 Å². The normalized spacial score (nSPS) is 12.5. The molecular formula is C13H9BrF3N. The van der Waals surface area contributed by atoms with Crippen molar-refractivity contribution in [3.8, 4) is 0 Å². The van der Waals surface area contributed by atoms with Gasteiger partial charge in [-0.3, -0.25) is 0 Å². The summed E-state index contributed by atoms with van der Waals surface area (Å²) in [5.74, 6) is -2.49. The Kier molecular flexibility index (Phi) is 3.73. The van der Waals surface area contributed by atoms with E-state index in [1.807, 2.05) is 0 Å². The number of hydrogen-bond donors (Lipinski definition) is 1. The van der Waals surface area contributed by atoms with Crippen LogP contribution in [-0.4, -0.2) is 0 Å². The summed E-state index contributed by atoms with van der Waals surface area (Å²) in [5.41, 5.74) is 6.39. The zero-order valence-electron chi connectivity index (χ0n) is 9.13. The molecule has 2 N–H and O–H groups in total. The van der Waals surface area contributed by atoms with Crippen molar-refractivity contribution in [2.45, 2.75) is 6.04 Å². The Bertz CT molecular complexity index is 586. The van der Waals surface area contributed by atoms with Gasteiger partial charge in [0.05, 0.1) is 10.5 Å². The Morgan fingerprint density at radius 1 is 0.889 bits per heavy atom. The van der Waals surface area contributed by atoms with Crippen LogP contribution in [0.1, 0.15) is 17.2 Å². The highest BCUT2D eigenvalue weighted by Crippen LogP contribution is 2.31. The molecule has 0 aliphatic rings. The molecule has 5 heteroatoms. The van der Waals surface area contributed by atoms with Crippen LogP contribution in [0.2, 0.25) is 0 Å². The van der Waals surface area contributed by atoms with Crippen LogP contribution in [0.3, 0.4) is 0 Å². The van der Waals surface area contributed by atoms with E-state index in [1.54, 1.807) is 6.07 Å². The topological polar surface area (TPSA) is 26.0 Å². The summed E-state index contributed by atoms with van der Waals surface area (Å²) in [6, 6.07) is 7.38. The minimum absolute atomic E-state index is 0.0850. The third kappa shape index (κ3) is 2.28. The fourth-order valence-electron chi connectivity index (χ4n) is 1.68. The lowest BCUT2D eigenvalue weighted by Crippen LogP contribution is -2.15. The second-order valence-corrected chi connectivity index (χ2v) is 4.56. The quantitative estimate of drug-likeness (QED) is 0.835. The van der Waals surface area contributed by atoms with E-state index in [9.17, 15) is 13.2 Å². The van der Waals surface area contributed by atoms with Crippen LogP contribution in [0.15, 0.2) is 40.9 Å². The molecule has 94 valence electrons. The lowest BCUT2D eigenvalue weighted by molar-refractivity contribution is 0.501. The number of rotatable bonds is 2. The van der Waals surface area contributed by atoms with Crippen LogP contribution < -0.4 is 5.73 Å². The molecule has 1 unspecified atom stereocenters. The van der Waals surface area contributed by atoms with Gasteiger partial charge in [-0.2, -0.15) is 0 Å². The Morgan fingerprint density at radius 3 is 2.22 bits per heavy atom. The predicted molar refractivity (Wildman–Crippen MR) is 66.5 cm³/mol. The zero-order valence-corrected chi connectivity index (χ0v) is 10.7. The molecule has 0 aliphatic carbocycles. The predicted octanol–water partition coefficient (Wildman–Crippen LogP) is 3.91. The first-order valence-electron chi connectivity index (χ1n) is 5.15. The van der Waals surface area contributed by atoms with Gasteiger partial charge in [-0.15, -0.1) is 0 Å². The molecular weight excluding hydrogens is 307 g/mol. The summed E-state index contributed by atoms with van der Waals surface area (Å²) >= 11 is 2.94. The van der Waals surface area contributed by atoms with Crippen LogP contribution in [0, 0.1) is 17.5 Å². The van der Waals surface area contributed by atoms with Crippen molar-refractivity contribution in [1.82, 2.24) is 0 Å². The van der Waals surface area contributed by atoms with E-state index in [-0.39, 0.29) is 10.0 Å². The second kappa shape index (κ2) is 5.12. The molecule has 1 nitrogen and oxygen atoms in total. The van der Waals surface area contributed by atoms with Gasteiger partial charge in [0.15, 0.2) is 11.6 Å². The third-order valence-corrected chi connectivity index (χ3v) is 3.45. The second-order valence-electron chi connectivity index (χ2n) is 3.76. The number of halogens is 4. The summed E-state index contributed by atoms with van der Waals surface area (Å²) in [6.45, 7) is 0. The van der Waals surface area contributed by atoms with Crippen molar-refractivity contribution in [2.75, 3.05) is 0 Å². The van der Waals surface area contributed by atoms with E-state index in [2.05, 4.69) is 15.9 Å². The third-order valence-electron chi connectivity index (χ3n) is 2.64. The average molecular weight is 316 g/mol. The van der Waals surface area contributed by atoms with Gasteiger partial charge in [0.25, 0.3) is 0 Å². The molecule has 0 fully saturated rings.